The predicted molar refractivity (Wildman–Crippen MR) is 101 cm³/mol. The van der Waals surface area contributed by atoms with Crippen molar-refractivity contribution in [2.24, 2.45) is 7.05 Å². The van der Waals surface area contributed by atoms with E-state index < -0.39 is 20.9 Å². The van der Waals surface area contributed by atoms with E-state index in [1.807, 2.05) is 0 Å². The van der Waals surface area contributed by atoms with Crippen molar-refractivity contribution in [1.82, 2.24) is 18.8 Å². The Morgan fingerprint density at radius 3 is 2.64 bits per heavy atom. The molecule has 12 heteroatoms. The van der Waals surface area contributed by atoms with Gasteiger partial charge in [-0.1, -0.05) is 11.6 Å². The number of hydrogen-bond donors (Lipinski definition) is 0. The summed E-state index contributed by atoms with van der Waals surface area (Å²) < 4.78 is 28.3. The van der Waals surface area contributed by atoms with Gasteiger partial charge in [0.15, 0.2) is 5.03 Å². The van der Waals surface area contributed by atoms with Crippen LogP contribution in [0.4, 0.5) is 5.69 Å². The molecular formula is C16H18ClN5O5S. The minimum Gasteiger partial charge on any atom is -0.339 e. The number of imidazole rings is 1. The minimum absolute atomic E-state index is 0.0249. The van der Waals surface area contributed by atoms with Gasteiger partial charge in [-0.15, -0.1) is 0 Å². The fourth-order valence-corrected chi connectivity index (χ4v) is 4.59. The zero-order chi connectivity index (χ0) is 20.5. The van der Waals surface area contributed by atoms with Crippen LogP contribution in [-0.4, -0.2) is 64.2 Å². The molecule has 2 aromatic rings. The van der Waals surface area contributed by atoms with Crippen molar-refractivity contribution in [2.75, 3.05) is 26.2 Å². The SMILES string of the molecule is Cn1cnc(S(=O)(=O)N2CCCN(C(=O)c3cc([N+](=O)[O-])ccc3Cl)CC2)c1. The lowest BCUT2D eigenvalue weighted by molar-refractivity contribution is -0.384. The van der Waals surface area contributed by atoms with Crippen LogP contribution in [0.15, 0.2) is 35.7 Å². The lowest BCUT2D eigenvalue weighted by Crippen LogP contribution is -2.37. The number of sulfonamides is 1. The molecule has 3 rings (SSSR count). The summed E-state index contributed by atoms with van der Waals surface area (Å²) in [5, 5.41) is 11.0. The third-order valence-corrected chi connectivity index (χ3v) is 6.53. The number of benzene rings is 1. The van der Waals surface area contributed by atoms with Gasteiger partial charge >= 0.3 is 0 Å². The number of hydrogen-bond acceptors (Lipinski definition) is 6. The number of amides is 1. The number of non-ortho nitro benzene ring substituents is 1. The van der Waals surface area contributed by atoms with E-state index in [0.717, 1.165) is 6.07 Å². The van der Waals surface area contributed by atoms with Gasteiger partial charge in [-0.05, 0) is 12.5 Å². The Morgan fingerprint density at radius 1 is 1.25 bits per heavy atom. The Hall–Kier alpha value is -2.50. The summed E-state index contributed by atoms with van der Waals surface area (Å²) in [5.74, 6) is -0.467. The maximum absolute atomic E-state index is 12.8. The number of aromatic nitrogens is 2. The van der Waals surface area contributed by atoms with E-state index in [9.17, 15) is 23.3 Å². The van der Waals surface area contributed by atoms with Crippen LogP contribution in [0.2, 0.25) is 5.02 Å². The van der Waals surface area contributed by atoms with Crippen LogP contribution >= 0.6 is 11.6 Å². The second-order valence-corrected chi connectivity index (χ2v) is 8.64. The Balaban J connectivity index is 1.78. The number of carbonyl (C=O) groups is 1. The standard InChI is InChI=1S/C16H18ClN5O5S/c1-19-10-15(18-11-19)28(26,27)21-6-2-5-20(7-8-21)16(23)13-9-12(22(24)25)3-4-14(13)17/h3-4,9-11H,2,5-8H2,1H3. The van der Waals surface area contributed by atoms with Gasteiger partial charge in [0.25, 0.3) is 21.6 Å². The predicted octanol–water partition coefficient (Wildman–Crippen LogP) is 1.52. The molecule has 0 unspecified atom stereocenters. The third kappa shape index (κ3) is 4.01. The molecule has 0 N–H and O–H groups in total. The second kappa shape index (κ2) is 7.86. The van der Waals surface area contributed by atoms with E-state index in [-0.39, 0.29) is 40.9 Å². The molecule has 0 aliphatic carbocycles. The fourth-order valence-electron chi connectivity index (χ4n) is 2.95. The maximum Gasteiger partial charge on any atom is 0.270 e. The van der Waals surface area contributed by atoms with E-state index in [2.05, 4.69) is 4.98 Å². The molecule has 1 aliphatic heterocycles. The highest BCUT2D eigenvalue weighted by Crippen LogP contribution is 2.24. The van der Waals surface area contributed by atoms with Crippen molar-refractivity contribution >= 4 is 33.2 Å². The molecule has 1 aliphatic rings. The van der Waals surface area contributed by atoms with Gasteiger partial charge in [-0.2, -0.15) is 4.31 Å². The smallest absolute Gasteiger partial charge is 0.270 e. The third-order valence-electron chi connectivity index (χ3n) is 4.42. The van der Waals surface area contributed by atoms with Gasteiger partial charge in [0.1, 0.15) is 0 Å². The van der Waals surface area contributed by atoms with Gasteiger partial charge < -0.3 is 9.47 Å². The minimum atomic E-state index is -3.76. The molecule has 1 aromatic carbocycles. The van der Waals surface area contributed by atoms with E-state index in [4.69, 9.17) is 11.6 Å². The zero-order valence-corrected chi connectivity index (χ0v) is 16.6. The summed E-state index contributed by atoms with van der Waals surface area (Å²) in [6.45, 7) is 0.790. The molecule has 0 radical (unpaired) electrons. The first-order valence-electron chi connectivity index (χ1n) is 8.41. The number of nitro groups is 1. The van der Waals surface area contributed by atoms with Gasteiger partial charge in [0.05, 0.1) is 21.8 Å². The highest BCUT2D eigenvalue weighted by Gasteiger charge is 2.30. The molecule has 28 heavy (non-hydrogen) atoms. The fraction of sp³-hybridized carbons (Fsp3) is 0.375. The van der Waals surface area contributed by atoms with Crippen LogP contribution in [0.1, 0.15) is 16.8 Å². The first-order valence-corrected chi connectivity index (χ1v) is 10.2. The van der Waals surface area contributed by atoms with Crippen molar-refractivity contribution in [1.29, 1.82) is 0 Å². The molecule has 0 spiro atoms. The van der Waals surface area contributed by atoms with E-state index >= 15 is 0 Å². The van der Waals surface area contributed by atoms with Crippen LogP contribution in [0.3, 0.4) is 0 Å². The molecule has 0 saturated carbocycles. The lowest BCUT2D eigenvalue weighted by Gasteiger charge is -2.21. The number of aryl methyl sites for hydroxylation is 1. The lowest BCUT2D eigenvalue weighted by atomic mass is 10.1. The number of halogens is 1. The Morgan fingerprint density at radius 2 is 2.00 bits per heavy atom. The van der Waals surface area contributed by atoms with Gasteiger partial charge in [-0.25, -0.2) is 13.4 Å². The van der Waals surface area contributed by atoms with Crippen LogP contribution in [-0.2, 0) is 17.1 Å². The van der Waals surface area contributed by atoms with E-state index in [1.165, 1.54) is 33.9 Å². The van der Waals surface area contributed by atoms with Gasteiger partial charge in [-0.3, -0.25) is 14.9 Å². The van der Waals surface area contributed by atoms with Crippen molar-refractivity contribution in [3.8, 4) is 0 Å². The second-order valence-electron chi connectivity index (χ2n) is 6.35. The molecule has 1 saturated heterocycles. The first-order chi connectivity index (χ1) is 13.2. The average molecular weight is 428 g/mol. The number of rotatable bonds is 4. The number of carbonyl (C=O) groups excluding carboxylic acids is 1. The summed E-state index contributed by atoms with van der Waals surface area (Å²) in [5.41, 5.74) is -0.209. The van der Waals surface area contributed by atoms with Crippen molar-refractivity contribution in [2.45, 2.75) is 11.4 Å². The summed E-state index contributed by atoms with van der Waals surface area (Å²) >= 11 is 6.05. The summed E-state index contributed by atoms with van der Waals surface area (Å²) in [4.78, 5) is 28.5. The molecule has 1 fully saturated rings. The van der Waals surface area contributed by atoms with Crippen LogP contribution in [0.25, 0.3) is 0 Å². The number of nitrogens with zero attached hydrogens (tertiary/aromatic N) is 5. The molecule has 2 heterocycles. The first kappa shape index (κ1) is 20.2. The largest absolute Gasteiger partial charge is 0.339 e. The summed E-state index contributed by atoms with van der Waals surface area (Å²) in [7, 11) is -2.08. The molecule has 0 bridgehead atoms. The zero-order valence-electron chi connectivity index (χ0n) is 15.0. The van der Waals surface area contributed by atoms with Crippen molar-refractivity contribution in [3.63, 3.8) is 0 Å². The normalized spacial score (nSPS) is 16.0. The Kier molecular flexibility index (Phi) is 5.68. The van der Waals surface area contributed by atoms with E-state index in [1.54, 1.807) is 11.6 Å². The summed E-state index contributed by atoms with van der Waals surface area (Å²) in [6, 6.07) is 3.67. The molecule has 1 aromatic heterocycles. The molecule has 150 valence electrons. The average Bonchev–Trinajstić information content (AvgIpc) is 2.94. The molecule has 0 atom stereocenters. The van der Waals surface area contributed by atoms with Crippen LogP contribution in [0.5, 0.6) is 0 Å². The summed E-state index contributed by atoms with van der Waals surface area (Å²) in [6.07, 6.45) is 3.25. The van der Waals surface area contributed by atoms with Gasteiger partial charge in [0.2, 0.25) is 0 Å². The number of nitro benzene ring substituents is 1. The van der Waals surface area contributed by atoms with Crippen molar-refractivity contribution < 1.29 is 18.1 Å². The highest BCUT2D eigenvalue weighted by molar-refractivity contribution is 7.89. The van der Waals surface area contributed by atoms with Crippen LogP contribution < -0.4 is 0 Å². The maximum atomic E-state index is 12.8. The highest BCUT2D eigenvalue weighted by atomic mass is 35.5. The van der Waals surface area contributed by atoms with E-state index in [0.29, 0.717) is 13.0 Å². The Bertz CT molecular complexity index is 1020. The topological polar surface area (TPSA) is 119 Å². The van der Waals surface area contributed by atoms with Crippen LogP contribution in [0, 0.1) is 10.1 Å². The monoisotopic (exact) mass is 427 g/mol. The Labute approximate surface area is 166 Å². The molecule has 10 nitrogen and oxygen atoms in total. The molecular weight excluding hydrogens is 410 g/mol. The quantitative estimate of drug-likeness (QED) is 0.539. The van der Waals surface area contributed by atoms with Gasteiger partial charge in [0, 0.05) is 51.6 Å². The van der Waals surface area contributed by atoms with Crippen molar-refractivity contribution in [3.05, 3.63) is 51.4 Å². The molecule has 1 amide bonds.